The van der Waals surface area contributed by atoms with E-state index in [-0.39, 0.29) is 11.9 Å². The van der Waals surface area contributed by atoms with E-state index in [9.17, 15) is 4.79 Å². The van der Waals surface area contributed by atoms with Gasteiger partial charge in [-0.3, -0.25) is 4.79 Å². The molecule has 1 saturated heterocycles. The minimum atomic E-state index is 0.00516. The molecule has 1 N–H and O–H groups in total. The number of hydrogen-bond donors (Lipinski definition) is 1. The lowest BCUT2D eigenvalue weighted by Gasteiger charge is -2.25. The van der Waals surface area contributed by atoms with Gasteiger partial charge in [0.15, 0.2) is 0 Å². The van der Waals surface area contributed by atoms with E-state index in [2.05, 4.69) is 15.5 Å². The van der Waals surface area contributed by atoms with Crippen molar-refractivity contribution in [1.29, 1.82) is 0 Å². The number of aromatic nitrogens is 2. The molecule has 1 unspecified atom stereocenters. The van der Waals surface area contributed by atoms with Crippen molar-refractivity contribution in [2.45, 2.75) is 39.7 Å². The molecule has 0 bridgehead atoms. The number of likely N-dealkylation sites (N-methyl/N-ethyl adjacent to an activating group) is 1. The Morgan fingerprint density at radius 3 is 2.85 bits per heavy atom. The molecule has 1 aliphatic heterocycles. The molecule has 3 aromatic rings. The Kier molecular flexibility index (Phi) is 4.47. The van der Waals surface area contributed by atoms with Gasteiger partial charge >= 0.3 is 0 Å². The van der Waals surface area contributed by atoms with Crippen molar-refractivity contribution in [2.75, 3.05) is 20.1 Å². The van der Waals surface area contributed by atoms with Gasteiger partial charge in [0.1, 0.15) is 11.5 Å². The maximum absolute atomic E-state index is 13.4. The number of carbonyl (C=O) groups excluding carboxylic acids is 1. The second-order valence-electron chi connectivity index (χ2n) is 7.18. The Hall–Kier alpha value is -2.67. The zero-order valence-electron chi connectivity index (χ0n) is 16.1. The van der Waals surface area contributed by atoms with Crippen LogP contribution < -0.4 is 5.32 Å². The quantitative estimate of drug-likeness (QED) is 0.761. The zero-order valence-corrected chi connectivity index (χ0v) is 16.1. The standard InChI is InChI=1S/C20H24N4O3/c1-11-8-15(13(3)26-11)17-9-16(18-12(2)23-27-19(18)22-17)20(25)24-7-5-6-14(24)10-21-4/h8-9,14,21H,5-7,10H2,1-4H3. The van der Waals surface area contributed by atoms with Gasteiger partial charge in [-0.2, -0.15) is 0 Å². The van der Waals surface area contributed by atoms with E-state index < -0.39 is 0 Å². The number of aryl methyl sites for hydroxylation is 3. The van der Waals surface area contributed by atoms with Gasteiger partial charge in [-0.25, -0.2) is 4.98 Å². The molecule has 4 rings (SSSR count). The molecule has 0 aliphatic carbocycles. The first-order valence-corrected chi connectivity index (χ1v) is 9.29. The van der Waals surface area contributed by atoms with Crippen LogP contribution in [-0.2, 0) is 0 Å². The maximum atomic E-state index is 13.4. The largest absolute Gasteiger partial charge is 0.466 e. The van der Waals surface area contributed by atoms with Crippen LogP contribution >= 0.6 is 0 Å². The highest BCUT2D eigenvalue weighted by atomic mass is 16.5. The summed E-state index contributed by atoms with van der Waals surface area (Å²) in [7, 11) is 1.91. The molecule has 142 valence electrons. The second-order valence-corrected chi connectivity index (χ2v) is 7.18. The molecule has 27 heavy (non-hydrogen) atoms. The smallest absolute Gasteiger partial charge is 0.259 e. The first kappa shape index (κ1) is 17.7. The fourth-order valence-electron chi connectivity index (χ4n) is 3.99. The van der Waals surface area contributed by atoms with Crippen LogP contribution in [0.1, 0.15) is 40.4 Å². The van der Waals surface area contributed by atoms with E-state index in [0.29, 0.717) is 28.1 Å². The highest BCUT2D eigenvalue weighted by Gasteiger charge is 2.31. The molecule has 1 aliphatic rings. The number of rotatable bonds is 4. The number of furan rings is 1. The van der Waals surface area contributed by atoms with Crippen molar-refractivity contribution in [3.05, 3.63) is 34.9 Å². The van der Waals surface area contributed by atoms with E-state index in [1.165, 1.54) is 0 Å². The van der Waals surface area contributed by atoms with E-state index in [1.54, 1.807) is 0 Å². The summed E-state index contributed by atoms with van der Waals surface area (Å²) >= 11 is 0. The predicted octanol–water partition coefficient (Wildman–Crippen LogP) is 3.23. The monoisotopic (exact) mass is 368 g/mol. The van der Waals surface area contributed by atoms with Crippen molar-refractivity contribution < 1.29 is 13.7 Å². The fourth-order valence-corrected chi connectivity index (χ4v) is 3.99. The molecule has 0 radical (unpaired) electrons. The fraction of sp³-hybridized carbons (Fsp3) is 0.450. The Balaban J connectivity index is 1.84. The summed E-state index contributed by atoms with van der Waals surface area (Å²) in [6.07, 6.45) is 2.03. The highest BCUT2D eigenvalue weighted by molar-refractivity contribution is 6.07. The van der Waals surface area contributed by atoms with E-state index in [4.69, 9.17) is 8.94 Å². The van der Waals surface area contributed by atoms with E-state index >= 15 is 0 Å². The van der Waals surface area contributed by atoms with Gasteiger partial charge in [-0.15, -0.1) is 0 Å². The summed E-state index contributed by atoms with van der Waals surface area (Å²) in [5.41, 5.74) is 3.19. The summed E-state index contributed by atoms with van der Waals surface area (Å²) in [5, 5.41) is 7.92. The van der Waals surface area contributed by atoms with Crippen LogP contribution in [0.3, 0.4) is 0 Å². The van der Waals surface area contributed by atoms with Gasteiger partial charge in [-0.05, 0) is 52.8 Å². The predicted molar refractivity (Wildman–Crippen MR) is 102 cm³/mol. The molecule has 4 heterocycles. The topological polar surface area (TPSA) is 84.4 Å². The van der Waals surface area contributed by atoms with Crippen LogP contribution in [-0.4, -0.2) is 47.1 Å². The third-order valence-electron chi connectivity index (χ3n) is 5.24. The summed E-state index contributed by atoms with van der Waals surface area (Å²) in [5.74, 6) is 1.58. The Morgan fingerprint density at radius 1 is 1.33 bits per heavy atom. The van der Waals surface area contributed by atoms with E-state index in [0.717, 1.165) is 43.0 Å². The minimum absolute atomic E-state index is 0.00516. The van der Waals surface area contributed by atoms with Gasteiger partial charge in [0.2, 0.25) is 0 Å². The van der Waals surface area contributed by atoms with Crippen molar-refractivity contribution in [1.82, 2.24) is 20.4 Å². The van der Waals surface area contributed by atoms with Crippen LogP contribution in [0.4, 0.5) is 0 Å². The number of hydrogen-bond acceptors (Lipinski definition) is 6. The van der Waals surface area contributed by atoms with Crippen molar-refractivity contribution in [3.63, 3.8) is 0 Å². The molecule has 1 amide bonds. The van der Waals surface area contributed by atoms with E-state index in [1.807, 2.05) is 44.9 Å². The van der Waals surface area contributed by atoms with Crippen LogP contribution in [0.25, 0.3) is 22.4 Å². The third kappa shape index (κ3) is 3.02. The van der Waals surface area contributed by atoms with Crippen LogP contribution in [0.15, 0.2) is 21.1 Å². The SMILES string of the molecule is CNCC1CCCN1C(=O)c1cc(-c2cc(C)oc2C)nc2onc(C)c12. The molecule has 7 heteroatoms. The average molecular weight is 368 g/mol. The minimum Gasteiger partial charge on any atom is -0.466 e. The number of carbonyl (C=O) groups is 1. The molecule has 0 aromatic carbocycles. The van der Waals surface area contributed by atoms with Crippen LogP contribution in [0, 0.1) is 20.8 Å². The third-order valence-corrected chi connectivity index (χ3v) is 5.24. The lowest BCUT2D eigenvalue weighted by atomic mass is 10.0. The summed E-state index contributed by atoms with van der Waals surface area (Å²) in [6.45, 7) is 7.18. The molecule has 0 saturated carbocycles. The molecule has 3 aromatic heterocycles. The summed E-state index contributed by atoms with van der Waals surface area (Å²) < 4.78 is 11.1. The average Bonchev–Trinajstić information content (AvgIpc) is 3.33. The van der Waals surface area contributed by atoms with Crippen molar-refractivity contribution in [2.24, 2.45) is 0 Å². The Bertz CT molecular complexity index is 1000. The van der Waals surface area contributed by atoms with Crippen LogP contribution in [0.2, 0.25) is 0 Å². The Labute approximate surface area is 157 Å². The molecule has 7 nitrogen and oxygen atoms in total. The number of nitrogens with zero attached hydrogens (tertiary/aromatic N) is 3. The van der Waals surface area contributed by atoms with Gasteiger partial charge in [0.25, 0.3) is 11.6 Å². The Morgan fingerprint density at radius 2 is 2.15 bits per heavy atom. The first-order chi connectivity index (χ1) is 13.0. The van der Waals surface area contributed by atoms with Crippen LogP contribution in [0.5, 0.6) is 0 Å². The van der Waals surface area contributed by atoms with Crippen molar-refractivity contribution in [3.8, 4) is 11.3 Å². The molecular formula is C20H24N4O3. The molecule has 1 atom stereocenters. The molecule has 0 spiro atoms. The molecular weight excluding hydrogens is 344 g/mol. The number of likely N-dealkylation sites (tertiary alicyclic amines) is 1. The summed E-state index contributed by atoms with van der Waals surface area (Å²) in [4.78, 5) is 20.0. The number of nitrogens with one attached hydrogen (secondary N) is 1. The lowest BCUT2D eigenvalue weighted by molar-refractivity contribution is 0.0739. The highest BCUT2D eigenvalue weighted by Crippen LogP contribution is 2.32. The van der Waals surface area contributed by atoms with Gasteiger partial charge in [0, 0.05) is 24.7 Å². The normalized spacial score (nSPS) is 17.2. The first-order valence-electron chi connectivity index (χ1n) is 9.29. The summed E-state index contributed by atoms with van der Waals surface area (Å²) in [6, 6.07) is 3.98. The maximum Gasteiger partial charge on any atom is 0.259 e. The molecule has 1 fully saturated rings. The second kappa shape index (κ2) is 6.81. The van der Waals surface area contributed by atoms with Gasteiger partial charge in [0.05, 0.1) is 22.3 Å². The van der Waals surface area contributed by atoms with Crippen molar-refractivity contribution >= 4 is 17.0 Å². The number of pyridine rings is 1. The number of amides is 1. The number of fused-ring (bicyclic) bond motifs is 1. The van der Waals surface area contributed by atoms with Gasteiger partial charge < -0.3 is 19.2 Å². The zero-order chi connectivity index (χ0) is 19.1. The van der Waals surface area contributed by atoms with Gasteiger partial charge in [-0.1, -0.05) is 5.16 Å². The lowest BCUT2D eigenvalue weighted by Crippen LogP contribution is -2.41.